The topological polar surface area (TPSA) is 24.5 Å². The molecule has 1 saturated heterocycles. The van der Waals surface area contributed by atoms with Crippen molar-refractivity contribution in [3.63, 3.8) is 0 Å². The summed E-state index contributed by atoms with van der Waals surface area (Å²) in [6.07, 6.45) is 1.28. The highest BCUT2D eigenvalue weighted by atomic mass is 19.1. The smallest absolute Gasteiger partial charge is 0.126 e. The Morgan fingerprint density at radius 2 is 2.19 bits per heavy atom. The van der Waals surface area contributed by atoms with Gasteiger partial charge in [0, 0.05) is 24.8 Å². The molecule has 1 N–H and O–H groups in total. The zero-order valence-corrected chi connectivity index (χ0v) is 13.6. The van der Waals surface area contributed by atoms with Gasteiger partial charge in [-0.2, -0.15) is 0 Å². The van der Waals surface area contributed by atoms with Crippen LogP contribution in [0.5, 0.6) is 0 Å². The average molecular weight is 294 g/mol. The van der Waals surface area contributed by atoms with Gasteiger partial charge in [-0.3, -0.25) is 0 Å². The van der Waals surface area contributed by atoms with Gasteiger partial charge in [0.15, 0.2) is 0 Å². The average Bonchev–Trinajstić information content (AvgIpc) is 2.49. The molecule has 0 aromatic heterocycles. The van der Waals surface area contributed by atoms with Crippen molar-refractivity contribution >= 4 is 5.69 Å². The van der Waals surface area contributed by atoms with E-state index in [4.69, 9.17) is 4.74 Å². The first-order chi connectivity index (χ1) is 10.1. The highest BCUT2D eigenvalue weighted by molar-refractivity contribution is 5.57. The normalized spacial score (nSPS) is 20.6. The Bertz CT molecular complexity index is 478. The quantitative estimate of drug-likeness (QED) is 0.900. The molecule has 0 spiro atoms. The predicted molar refractivity (Wildman–Crippen MR) is 85.5 cm³/mol. The van der Waals surface area contributed by atoms with Crippen LogP contribution in [-0.4, -0.2) is 32.3 Å². The lowest BCUT2D eigenvalue weighted by Crippen LogP contribution is -2.43. The van der Waals surface area contributed by atoms with E-state index >= 15 is 0 Å². The summed E-state index contributed by atoms with van der Waals surface area (Å²) >= 11 is 0. The predicted octanol–water partition coefficient (Wildman–Crippen LogP) is 3.42. The molecule has 2 unspecified atom stereocenters. The molecule has 2 atom stereocenters. The SMILES string of the molecule is CCNC(C)c1cc(F)c(C)cc1N1CCOC(CC)C1. The van der Waals surface area contributed by atoms with Gasteiger partial charge in [0.2, 0.25) is 0 Å². The number of rotatable bonds is 5. The first-order valence-electron chi connectivity index (χ1n) is 7.96. The molecule has 0 saturated carbocycles. The molecular formula is C17H27FN2O. The highest BCUT2D eigenvalue weighted by Gasteiger charge is 2.23. The summed E-state index contributed by atoms with van der Waals surface area (Å²) in [5.41, 5.74) is 2.89. The number of hydrogen-bond acceptors (Lipinski definition) is 3. The van der Waals surface area contributed by atoms with Gasteiger partial charge in [0.05, 0.1) is 12.7 Å². The third-order valence-corrected chi connectivity index (χ3v) is 4.22. The second-order valence-corrected chi connectivity index (χ2v) is 5.79. The summed E-state index contributed by atoms with van der Waals surface area (Å²) in [6, 6.07) is 3.81. The highest BCUT2D eigenvalue weighted by Crippen LogP contribution is 2.30. The number of hydrogen-bond donors (Lipinski definition) is 1. The lowest BCUT2D eigenvalue weighted by molar-refractivity contribution is 0.0383. The van der Waals surface area contributed by atoms with Crippen LogP contribution in [0, 0.1) is 12.7 Å². The molecule has 2 rings (SSSR count). The monoisotopic (exact) mass is 294 g/mol. The van der Waals surface area contributed by atoms with Gasteiger partial charge in [0.25, 0.3) is 0 Å². The van der Waals surface area contributed by atoms with Crippen LogP contribution in [-0.2, 0) is 4.74 Å². The standard InChI is InChI=1S/C17H27FN2O/c1-5-14-11-20(7-8-21-14)17-9-12(3)16(18)10-15(17)13(4)19-6-2/h9-10,13-14,19H,5-8,11H2,1-4H3. The van der Waals surface area contributed by atoms with E-state index in [9.17, 15) is 4.39 Å². The molecule has 3 nitrogen and oxygen atoms in total. The summed E-state index contributed by atoms with van der Waals surface area (Å²) in [7, 11) is 0. The summed E-state index contributed by atoms with van der Waals surface area (Å²) in [4.78, 5) is 2.34. The number of benzene rings is 1. The fraction of sp³-hybridized carbons (Fsp3) is 0.647. The maximum absolute atomic E-state index is 14.0. The van der Waals surface area contributed by atoms with Crippen molar-refractivity contribution in [3.8, 4) is 0 Å². The van der Waals surface area contributed by atoms with Crippen molar-refractivity contribution in [1.29, 1.82) is 0 Å². The Kier molecular flexibility index (Phi) is 5.59. The molecule has 0 radical (unpaired) electrons. The molecule has 0 aliphatic carbocycles. The van der Waals surface area contributed by atoms with Crippen molar-refractivity contribution in [2.45, 2.75) is 46.3 Å². The van der Waals surface area contributed by atoms with E-state index in [1.165, 1.54) is 0 Å². The van der Waals surface area contributed by atoms with Gasteiger partial charge in [-0.15, -0.1) is 0 Å². The molecule has 1 aliphatic heterocycles. The van der Waals surface area contributed by atoms with E-state index in [1.807, 2.05) is 13.0 Å². The molecular weight excluding hydrogens is 267 g/mol. The largest absolute Gasteiger partial charge is 0.375 e. The number of anilines is 1. The molecule has 1 aromatic carbocycles. The van der Waals surface area contributed by atoms with Crippen LogP contribution in [0.25, 0.3) is 0 Å². The first-order valence-corrected chi connectivity index (χ1v) is 7.96. The van der Waals surface area contributed by atoms with Crippen LogP contribution in [0.2, 0.25) is 0 Å². The maximum Gasteiger partial charge on any atom is 0.126 e. The van der Waals surface area contributed by atoms with Crippen molar-refractivity contribution < 1.29 is 9.13 Å². The summed E-state index contributed by atoms with van der Waals surface area (Å²) < 4.78 is 19.7. The fourth-order valence-corrected chi connectivity index (χ4v) is 2.90. The number of halogens is 1. The number of ether oxygens (including phenoxy) is 1. The molecule has 1 fully saturated rings. The lowest BCUT2D eigenvalue weighted by atomic mass is 10.0. The second kappa shape index (κ2) is 7.23. The van der Waals surface area contributed by atoms with E-state index in [1.54, 1.807) is 6.07 Å². The third kappa shape index (κ3) is 3.74. The van der Waals surface area contributed by atoms with Crippen LogP contribution >= 0.6 is 0 Å². The van der Waals surface area contributed by atoms with Crippen LogP contribution in [0.4, 0.5) is 10.1 Å². The van der Waals surface area contributed by atoms with Crippen molar-refractivity contribution in [3.05, 3.63) is 29.1 Å². The van der Waals surface area contributed by atoms with Crippen molar-refractivity contribution in [2.24, 2.45) is 0 Å². The Hall–Kier alpha value is -1.13. The van der Waals surface area contributed by atoms with Gasteiger partial charge in [-0.05, 0) is 50.1 Å². The summed E-state index contributed by atoms with van der Waals surface area (Å²) in [5, 5.41) is 3.39. The Labute approximate surface area is 127 Å². The van der Waals surface area contributed by atoms with Gasteiger partial charge in [-0.25, -0.2) is 4.39 Å². The molecule has 4 heteroatoms. The van der Waals surface area contributed by atoms with E-state index in [2.05, 4.69) is 31.0 Å². The van der Waals surface area contributed by atoms with E-state index in [0.29, 0.717) is 5.56 Å². The van der Waals surface area contributed by atoms with Crippen LogP contribution in [0.15, 0.2) is 12.1 Å². The minimum absolute atomic E-state index is 0.126. The molecule has 0 amide bonds. The molecule has 21 heavy (non-hydrogen) atoms. The van der Waals surface area contributed by atoms with Crippen LogP contribution in [0.1, 0.15) is 44.4 Å². The van der Waals surface area contributed by atoms with Crippen molar-refractivity contribution in [2.75, 3.05) is 31.1 Å². The Balaban J connectivity index is 2.33. The first kappa shape index (κ1) is 16.2. The van der Waals surface area contributed by atoms with Gasteiger partial charge >= 0.3 is 0 Å². The van der Waals surface area contributed by atoms with E-state index in [-0.39, 0.29) is 18.0 Å². The zero-order chi connectivity index (χ0) is 15.4. The number of nitrogens with one attached hydrogen (secondary N) is 1. The number of nitrogens with zero attached hydrogens (tertiary/aromatic N) is 1. The molecule has 118 valence electrons. The molecule has 1 aromatic rings. The number of aryl methyl sites for hydroxylation is 1. The molecule has 0 bridgehead atoms. The molecule has 1 aliphatic rings. The zero-order valence-electron chi connectivity index (χ0n) is 13.6. The minimum Gasteiger partial charge on any atom is -0.375 e. The van der Waals surface area contributed by atoms with Gasteiger partial charge in [-0.1, -0.05) is 13.8 Å². The van der Waals surface area contributed by atoms with Gasteiger partial charge < -0.3 is 15.0 Å². The third-order valence-electron chi connectivity index (χ3n) is 4.22. The van der Waals surface area contributed by atoms with Crippen LogP contribution < -0.4 is 10.2 Å². The Morgan fingerprint density at radius 1 is 1.43 bits per heavy atom. The summed E-state index contributed by atoms with van der Waals surface area (Å²) in [6.45, 7) is 11.5. The number of morpholine rings is 1. The van der Waals surface area contributed by atoms with Crippen molar-refractivity contribution in [1.82, 2.24) is 5.32 Å². The maximum atomic E-state index is 14.0. The lowest BCUT2D eigenvalue weighted by Gasteiger charge is -2.36. The summed E-state index contributed by atoms with van der Waals surface area (Å²) in [5.74, 6) is -0.126. The second-order valence-electron chi connectivity index (χ2n) is 5.79. The van der Waals surface area contributed by atoms with E-state index in [0.717, 1.165) is 43.9 Å². The fourth-order valence-electron chi connectivity index (χ4n) is 2.90. The van der Waals surface area contributed by atoms with E-state index < -0.39 is 0 Å². The minimum atomic E-state index is -0.126. The van der Waals surface area contributed by atoms with Gasteiger partial charge in [0.1, 0.15) is 5.82 Å². The van der Waals surface area contributed by atoms with Crippen LogP contribution in [0.3, 0.4) is 0 Å². The molecule has 1 heterocycles. The Morgan fingerprint density at radius 3 is 2.86 bits per heavy atom.